The molecule has 0 radical (unpaired) electrons. The molecule has 0 heterocycles. The Kier molecular flexibility index (Phi) is 41.1. The predicted octanol–water partition coefficient (Wildman–Crippen LogP) is -0.338. The quantitative estimate of drug-likeness (QED) is 0.0245. The van der Waals surface area contributed by atoms with Gasteiger partial charge in [-0.05, 0) is 38.2 Å². The number of benzene rings is 1. The lowest BCUT2D eigenvalue weighted by Crippen LogP contribution is -2.46. The molecule has 0 aliphatic heterocycles. The molecule has 0 aliphatic carbocycles. The van der Waals surface area contributed by atoms with Crippen LogP contribution in [0, 0.1) is 101 Å². The number of unbranched alkanes of at least 4 members (excludes halogenated alkanes) is 3. The summed E-state index contributed by atoms with van der Waals surface area (Å²) >= 11 is 0. The van der Waals surface area contributed by atoms with Gasteiger partial charge in [0.15, 0.2) is 54.9 Å². The average Bonchev–Trinajstić information content (AvgIpc) is 3.34. The van der Waals surface area contributed by atoms with E-state index in [9.17, 15) is 120 Å². The van der Waals surface area contributed by atoms with E-state index >= 15 is 0 Å². The van der Waals surface area contributed by atoms with Crippen molar-refractivity contribution in [1.29, 1.82) is 0 Å². The van der Waals surface area contributed by atoms with Gasteiger partial charge < -0.3 is 16.0 Å². The molecule has 2 amide bonds. The number of Topliss-reactive ketones (excluding diaryl/α,β-unsaturated/α-hetero) is 2. The lowest BCUT2D eigenvalue weighted by molar-refractivity contribution is -0.551. The molecule has 430 valence electrons. The van der Waals surface area contributed by atoms with Gasteiger partial charge >= 0.3 is 0 Å². The maximum atomic E-state index is 11.3. The molecule has 1 aromatic rings. The molecule has 4 atom stereocenters. The smallest absolute Gasteiger partial charge is 0.299 e. The lowest BCUT2D eigenvalue weighted by atomic mass is 10.0. The molecule has 42 nitrogen and oxygen atoms in total. The molecule has 8 N–H and O–H groups in total. The highest BCUT2D eigenvalue weighted by Gasteiger charge is 2.25. The number of anilines is 1. The second kappa shape index (κ2) is 42.9. The first-order chi connectivity index (χ1) is 35.4. The Bertz CT molecular complexity index is 2000. The Morgan fingerprint density at radius 3 is 1.20 bits per heavy atom. The summed E-state index contributed by atoms with van der Waals surface area (Å²) in [5.74, 6) is -1.74. The summed E-state index contributed by atoms with van der Waals surface area (Å²) in [7, 11) is 4.20. The van der Waals surface area contributed by atoms with Crippen LogP contribution in [-0.4, -0.2) is 145 Å². The summed E-state index contributed by atoms with van der Waals surface area (Å²) in [5, 5.41) is 104. The zero-order chi connectivity index (χ0) is 59.5. The SMILES string of the molecule is CCC(=O)[C@H](CCCCN[N+](=O)[O-])N[N+](=O)[O-].CCC(=O)[C@H](CC[N+](=O)[O-])N[N+](=O)[O-].CNC(=O)[C@H](CCCCC[N+](=O)[O-])N[N+](=O)[O-].CNC(=O)[C@H](CC[N+](=O)[O-])N[N+](=O)[O-].CNc1ccc([N+](=O)[O-])cc1[N+](=O)[O-]. The van der Waals surface area contributed by atoms with Crippen LogP contribution in [0.5, 0.6) is 0 Å². The number of amides is 2. The zero-order valence-corrected chi connectivity index (χ0v) is 41.4. The first-order valence-corrected chi connectivity index (χ1v) is 21.9. The standard InChI is InChI=1S/2C8H16N4O5.C7H7N3O4.C6H11N3O5.C5H10N4O5/c1-9-8(13)7(10-12(16)17)5-3-2-4-6-11(14)15;1-2-8(13)7(10-12(16)17)5-3-4-6-9-11(14)15;1-8-6-3-2-5(9(11)12)4-7(6)10(13)14;1-2-6(10)5(7-9(13)14)3-4-8(11)12;1-6-5(10)4(7-9(13)14)2-3-8(11)12/h7,10H,2-6H2,1H3,(H,9,13);7,9-10H,2-6H2,1H3;2-4,8H,1H3;5,7H,2-4H2,1H3;4,7H,2-3H2,1H3,(H,6,10)/t2*7-;;5-;4-/m00.00/s1. The number of nitrogens with zero attached hydrogens (tertiary/aromatic N) is 10. The summed E-state index contributed by atoms with van der Waals surface area (Å²) < 4.78 is 0. The second-order valence-electron chi connectivity index (χ2n) is 14.3. The van der Waals surface area contributed by atoms with E-state index in [1.807, 2.05) is 16.3 Å². The van der Waals surface area contributed by atoms with E-state index in [1.165, 1.54) is 33.3 Å². The van der Waals surface area contributed by atoms with Crippen LogP contribution >= 0.6 is 0 Å². The highest BCUT2D eigenvalue weighted by atomic mass is 16.7. The zero-order valence-electron chi connectivity index (χ0n) is 41.4. The molecule has 0 saturated heterocycles. The van der Waals surface area contributed by atoms with E-state index in [4.69, 9.17) is 0 Å². The van der Waals surface area contributed by atoms with Crippen molar-refractivity contribution in [3.05, 3.63) is 119 Å². The normalized spacial score (nSPS) is 11.2. The van der Waals surface area contributed by atoms with Crippen molar-refractivity contribution >= 4 is 40.4 Å². The van der Waals surface area contributed by atoms with Crippen molar-refractivity contribution in [3.8, 4) is 0 Å². The van der Waals surface area contributed by atoms with E-state index in [0.717, 1.165) is 6.07 Å². The monoisotopic (exact) mass is 1100 g/mol. The Hall–Kier alpha value is -9.70. The number of non-ortho nitro benzene ring substituents is 1. The number of carbonyl (C=O) groups is 4. The van der Waals surface area contributed by atoms with Crippen LogP contribution < -0.4 is 43.1 Å². The molecule has 0 unspecified atom stereocenters. The van der Waals surface area contributed by atoms with E-state index in [1.54, 1.807) is 24.7 Å². The molecule has 0 fully saturated rings. The van der Waals surface area contributed by atoms with Gasteiger partial charge in [0.25, 0.3) is 11.4 Å². The van der Waals surface area contributed by atoms with E-state index < -0.39 is 105 Å². The molecule has 0 spiro atoms. The van der Waals surface area contributed by atoms with Crippen LogP contribution in [-0.2, 0) is 19.2 Å². The summed E-state index contributed by atoms with van der Waals surface area (Å²) in [6.45, 7) is 2.27. The van der Waals surface area contributed by atoms with Crippen LogP contribution in [0.25, 0.3) is 0 Å². The van der Waals surface area contributed by atoms with Crippen molar-refractivity contribution < 1.29 is 69.0 Å². The van der Waals surface area contributed by atoms with Gasteiger partial charge in [-0.2, -0.15) is 0 Å². The van der Waals surface area contributed by atoms with Crippen LogP contribution in [0.4, 0.5) is 17.1 Å². The topological polar surface area (TPSA) is 596 Å². The number of nitro benzene ring substituents is 2. The maximum Gasteiger partial charge on any atom is 0.299 e. The van der Waals surface area contributed by atoms with Crippen molar-refractivity contribution in [1.82, 2.24) is 37.8 Å². The minimum absolute atomic E-state index is 0.114. The third kappa shape index (κ3) is 41.0. The molecule has 0 aliphatic rings. The first-order valence-electron chi connectivity index (χ1n) is 21.9. The Morgan fingerprint density at radius 2 is 0.842 bits per heavy atom. The molecule has 1 rings (SSSR count). The molecule has 0 aromatic heterocycles. The average molecular weight is 1100 g/mol. The molecule has 0 saturated carbocycles. The van der Waals surface area contributed by atoms with Crippen LogP contribution in [0.15, 0.2) is 18.2 Å². The van der Waals surface area contributed by atoms with Crippen LogP contribution in [0.1, 0.15) is 84.5 Å². The largest absolute Gasteiger partial charge is 0.383 e. The van der Waals surface area contributed by atoms with Gasteiger partial charge in [0.2, 0.25) is 31.4 Å². The second-order valence-corrected chi connectivity index (χ2v) is 14.3. The van der Waals surface area contributed by atoms with Gasteiger partial charge in [0.1, 0.15) is 11.7 Å². The number of rotatable bonds is 35. The minimum Gasteiger partial charge on any atom is -0.383 e. The molecular formula is C34H60N18O24. The first kappa shape index (κ1) is 72.8. The number of hydrogen-bond acceptors (Lipinski definition) is 25. The Morgan fingerprint density at radius 1 is 0.461 bits per heavy atom. The number of hydrazine groups is 5. The number of carbonyl (C=O) groups excluding carboxylic acids is 4. The summed E-state index contributed by atoms with van der Waals surface area (Å²) in [6, 6.07) is -0.530. The fraction of sp³-hybridized carbons (Fsp3) is 0.706. The minimum atomic E-state index is -1.18. The third-order valence-corrected chi connectivity index (χ3v) is 9.00. The lowest BCUT2D eigenvalue weighted by Gasteiger charge is -2.11. The van der Waals surface area contributed by atoms with Crippen LogP contribution in [0.2, 0.25) is 0 Å². The highest BCUT2D eigenvalue weighted by molar-refractivity contribution is 5.84. The van der Waals surface area contributed by atoms with Crippen molar-refractivity contribution in [2.45, 2.75) is 109 Å². The third-order valence-electron chi connectivity index (χ3n) is 9.00. The molecule has 42 heteroatoms. The molecule has 76 heavy (non-hydrogen) atoms. The Balaban J connectivity index is -0.000000428. The van der Waals surface area contributed by atoms with Gasteiger partial charge in [0.05, 0.1) is 22.5 Å². The van der Waals surface area contributed by atoms with Crippen molar-refractivity contribution in [3.63, 3.8) is 0 Å². The van der Waals surface area contributed by atoms with Gasteiger partial charge in [-0.3, -0.25) is 69.7 Å². The van der Waals surface area contributed by atoms with Crippen LogP contribution in [0.3, 0.4) is 0 Å². The Labute approximate surface area is 427 Å². The van der Waals surface area contributed by atoms with Gasteiger partial charge in [0, 0.05) is 74.1 Å². The number of nitrogens with one attached hydrogen (secondary N) is 8. The van der Waals surface area contributed by atoms with E-state index in [0.29, 0.717) is 38.5 Å². The number of nitro groups is 10. The van der Waals surface area contributed by atoms with Gasteiger partial charge in [-0.15, -0.1) is 27.1 Å². The van der Waals surface area contributed by atoms with Gasteiger partial charge in [-0.1, -0.05) is 20.3 Å². The fourth-order valence-corrected chi connectivity index (χ4v) is 5.33. The maximum absolute atomic E-state index is 11.3. The number of likely N-dealkylation sites (N-methyl/N-ethyl adjacent to an activating group) is 2. The van der Waals surface area contributed by atoms with E-state index in [-0.39, 0.29) is 68.0 Å². The summed E-state index contributed by atoms with van der Waals surface area (Å²) in [4.78, 5) is 143. The number of ketones is 2. The molecule has 0 bridgehead atoms. The predicted molar refractivity (Wildman–Crippen MR) is 256 cm³/mol. The van der Waals surface area contributed by atoms with E-state index in [2.05, 4.69) is 16.0 Å². The fourth-order valence-electron chi connectivity index (χ4n) is 5.33. The van der Waals surface area contributed by atoms with Crippen molar-refractivity contribution in [2.24, 2.45) is 0 Å². The van der Waals surface area contributed by atoms with Gasteiger partial charge in [-0.25, -0.2) is 50.6 Å². The molecular weight excluding hydrogens is 1040 g/mol. The summed E-state index contributed by atoms with van der Waals surface area (Å²) in [6.07, 6.45) is 2.99. The van der Waals surface area contributed by atoms with Crippen molar-refractivity contribution in [2.75, 3.05) is 52.6 Å². The molecule has 1 aromatic carbocycles. The number of hydrogen-bond donors (Lipinski definition) is 8. The highest BCUT2D eigenvalue weighted by Crippen LogP contribution is 2.28. The summed E-state index contributed by atoms with van der Waals surface area (Å²) in [5.41, 5.74) is 8.94.